The van der Waals surface area contributed by atoms with Gasteiger partial charge in [-0.1, -0.05) is 6.58 Å². The zero-order chi connectivity index (χ0) is 12.7. The van der Waals surface area contributed by atoms with Gasteiger partial charge in [0.15, 0.2) is 0 Å². The average molecular weight is 241 g/mol. The summed E-state index contributed by atoms with van der Waals surface area (Å²) < 4.78 is 9.82. The number of rotatable bonds is 6. The van der Waals surface area contributed by atoms with E-state index in [1.54, 1.807) is 0 Å². The highest BCUT2D eigenvalue weighted by molar-refractivity contribution is 5.88. The Morgan fingerprint density at radius 1 is 1.41 bits per heavy atom. The lowest BCUT2D eigenvalue weighted by Gasteiger charge is -2.09. The van der Waals surface area contributed by atoms with Crippen molar-refractivity contribution in [3.05, 3.63) is 12.3 Å². The van der Waals surface area contributed by atoms with Crippen LogP contribution in [0.5, 0.6) is 0 Å². The first-order chi connectivity index (χ1) is 8.13. The maximum atomic E-state index is 11.5. The molecule has 17 heavy (non-hydrogen) atoms. The minimum Gasteiger partial charge on any atom is -0.499 e. The van der Waals surface area contributed by atoms with E-state index in [-0.39, 0.29) is 12.5 Å². The molecule has 1 atom stereocenters. The van der Waals surface area contributed by atoms with Crippen LogP contribution in [0.1, 0.15) is 32.6 Å². The van der Waals surface area contributed by atoms with Gasteiger partial charge in [-0.05, 0) is 26.3 Å². The van der Waals surface area contributed by atoms with Gasteiger partial charge in [-0.2, -0.15) is 0 Å². The Balaban J connectivity index is 2.20. The molecule has 1 aliphatic rings. The Morgan fingerprint density at radius 2 is 2.18 bits per heavy atom. The predicted molar refractivity (Wildman–Crippen MR) is 62.1 cm³/mol. The zero-order valence-electron chi connectivity index (χ0n) is 10.2. The molecule has 96 valence electrons. The molecular formula is C12H19NO4. The number of hydrogen-bond donors (Lipinski definition) is 1. The highest BCUT2D eigenvalue weighted by atomic mass is 16.6. The molecule has 1 saturated heterocycles. The van der Waals surface area contributed by atoms with Crippen LogP contribution in [0.4, 0.5) is 0 Å². The van der Waals surface area contributed by atoms with Crippen molar-refractivity contribution >= 4 is 11.9 Å². The number of ether oxygens (including phenoxy) is 2. The van der Waals surface area contributed by atoms with Crippen LogP contribution in [0.25, 0.3) is 0 Å². The van der Waals surface area contributed by atoms with Crippen molar-refractivity contribution < 1.29 is 19.1 Å². The summed E-state index contributed by atoms with van der Waals surface area (Å²) in [7, 11) is 0. The molecule has 0 aromatic carbocycles. The van der Waals surface area contributed by atoms with Crippen LogP contribution in [0.3, 0.4) is 0 Å². The van der Waals surface area contributed by atoms with Gasteiger partial charge in [0, 0.05) is 6.42 Å². The number of nitrogens with one attached hydrogen (secondary N) is 1. The number of allylic oxidation sites excluding steroid dienone is 1. The lowest BCUT2D eigenvalue weighted by atomic mass is 10.2. The molecule has 0 bridgehead atoms. The van der Waals surface area contributed by atoms with Crippen LogP contribution in [0.15, 0.2) is 12.3 Å². The lowest BCUT2D eigenvalue weighted by Crippen LogP contribution is -2.33. The van der Waals surface area contributed by atoms with Gasteiger partial charge in [-0.15, -0.1) is 0 Å². The topological polar surface area (TPSA) is 64.6 Å². The fourth-order valence-corrected chi connectivity index (χ4v) is 1.64. The summed E-state index contributed by atoms with van der Waals surface area (Å²) in [5.41, 5.74) is 0. The number of carbonyl (C=O) groups is 2. The van der Waals surface area contributed by atoms with E-state index >= 15 is 0 Å². The summed E-state index contributed by atoms with van der Waals surface area (Å²) in [6.07, 6.45) is 2.18. The third-order valence-electron chi connectivity index (χ3n) is 2.52. The van der Waals surface area contributed by atoms with Crippen molar-refractivity contribution in [3.8, 4) is 0 Å². The van der Waals surface area contributed by atoms with E-state index in [2.05, 4.69) is 11.9 Å². The monoisotopic (exact) mass is 241 g/mol. The fourth-order valence-electron chi connectivity index (χ4n) is 1.64. The second kappa shape index (κ2) is 7.06. The van der Waals surface area contributed by atoms with Crippen LogP contribution < -0.4 is 5.32 Å². The summed E-state index contributed by atoms with van der Waals surface area (Å²) in [6, 6.07) is -0.325. The average Bonchev–Trinajstić information content (AvgIpc) is 2.80. The van der Waals surface area contributed by atoms with Gasteiger partial charge >= 0.3 is 11.9 Å². The summed E-state index contributed by atoms with van der Waals surface area (Å²) >= 11 is 0. The molecule has 0 aliphatic carbocycles. The maximum absolute atomic E-state index is 11.5. The van der Waals surface area contributed by atoms with E-state index in [1.807, 2.05) is 6.92 Å². The molecule has 0 aromatic heterocycles. The first-order valence-electron chi connectivity index (χ1n) is 5.92. The second-order valence-electron chi connectivity index (χ2n) is 3.91. The van der Waals surface area contributed by atoms with Crippen molar-refractivity contribution in [2.75, 3.05) is 13.2 Å². The third-order valence-corrected chi connectivity index (χ3v) is 2.52. The van der Waals surface area contributed by atoms with E-state index in [9.17, 15) is 9.59 Å². The highest BCUT2D eigenvalue weighted by Crippen LogP contribution is 2.09. The molecular weight excluding hydrogens is 222 g/mol. The van der Waals surface area contributed by atoms with E-state index in [0.29, 0.717) is 18.8 Å². The summed E-state index contributed by atoms with van der Waals surface area (Å²) in [5.74, 6) is -0.463. The quantitative estimate of drug-likeness (QED) is 0.429. The smallest absolute Gasteiger partial charge is 0.330 e. The third kappa shape index (κ3) is 4.99. The molecule has 0 spiro atoms. The predicted octanol–water partition coefficient (Wildman–Crippen LogP) is 1.14. The summed E-state index contributed by atoms with van der Waals surface area (Å²) in [5, 5.41) is 2.98. The van der Waals surface area contributed by atoms with Crippen LogP contribution >= 0.6 is 0 Å². The molecule has 1 unspecified atom stereocenters. The normalized spacial score (nSPS) is 18.8. The van der Waals surface area contributed by atoms with Crippen molar-refractivity contribution in [2.24, 2.45) is 0 Å². The second-order valence-corrected chi connectivity index (χ2v) is 3.91. The van der Waals surface area contributed by atoms with Gasteiger partial charge in [0.2, 0.25) is 0 Å². The molecule has 1 aliphatic heterocycles. The van der Waals surface area contributed by atoms with Gasteiger partial charge in [-0.25, -0.2) is 4.79 Å². The SMILES string of the molecule is C=C(CCC(=O)OC(=O)C1CCCN1)OCC. The first-order valence-corrected chi connectivity index (χ1v) is 5.92. The van der Waals surface area contributed by atoms with E-state index < -0.39 is 11.9 Å². The Labute approximate surface area is 101 Å². The van der Waals surface area contributed by atoms with Crippen LogP contribution in [0, 0.1) is 0 Å². The largest absolute Gasteiger partial charge is 0.499 e. The Kier molecular flexibility index (Phi) is 5.69. The molecule has 0 radical (unpaired) electrons. The molecule has 5 heteroatoms. The molecule has 0 amide bonds. The Morgan fingerprint density at radius 3 is 2.76 bits per heavy atom. The minimum atomic E-state index is -0.524. The number of hydrogen-bond acceptors (Lipinski definition) is 5. The van der Waals surface area contributed by atoms with Crippen LogP contribution in [-0.2, 0) is 19.1 Å². The molecule has 1 heterocycles. The summed E-state index contributed by atoms with van der Waals surface area (Å²) in [6.45, 7) is 6.82. The van der Waals surface area contributed by atoms with Gasteiger partial charge in [0.25, 0.3) is 0 Å². The van der Waals surface area contributed by atoms with E-state index in [4.69, 9.17) is 9.47 Å². The summed E-state index contributed by atoms with van der Waals surface area (Å²) in [4.78, 5) is 22.8. The maximum Gasteiger partial charge on any atom is 0.330 e. The Hall–Kier alpha value is -1.36. The number of esters is 2. The van der Waals surface area contributed by atoms with Crippen molar-refractivity contribution in [1.29, 1.82) is 0 Å². The molecule has 0 saturated carbocycles. The molecule has 0 aromatic rings. The molecule has 5 nitrogen and oxygen atoms in total. The fraction of sp³-hybridized carbons (Fsp3) is 0.667. The van der Waals surface area contributed by atoms with E-state index in [0.717, 1.165) is 19.4 Å². The van der Waals surface area contributed by atoms with Gasteiger partial charge in [0.1, 0.15) is 6.04 Å². The lowest BCUT2D eigenvalue weighted by molar-refractivity contribution is -0.161. The van der Waals surface area contributed by atoms with Crippen molar-refractivity contribution in [1.82, 2.24) is 5.32 Å². The van der Waals surface area contributed by atoms with Crippen molar-refractivity contribution in [2.45, 2.75) is 38.6 Å². The Bertz CT molecular complexity index is 295. The number of carbonyl (C=O) groups excluding carboxylic acids is 2. The minimum absolute atomic E-state index is 0.122. The van der Waals surface area contributed by atoms with Gasteiger partial charge in [0.05, 0.1) is 18.8 Å². The van der Waals surface area contributed by atoms with Crippen LogP contribution in [0.2, 0.25) is 0 Å². The molecule has 1 fully saturated rings. The zero-order valence-corrected chi connectivity index (χ0v) is 10.2. The van der Waals surface area contributed by atoms with Crippen molar-refractivity contribution in [3.63, 3.8) is 0 Å². The highest BCUT2D eigenvalue weighted by Gasteiger charge is 2.25. The van der Waals surface area contributed by atoms with Gasteiger partial charge in [-0.3, -0.25) is 4.79 Å². The van der Waals surface area contributed by atoms with E-state index in [1.165, 1.54) is 0 Å². The van der Waals surface area contributed by atoms with Gasteiger partial charge < -0.3 is 14.8 Å². The standard InChI is InChI=1S/C12H19NO4/c1-3-16-9(2)6-7-11(14)17-12(15)10-5-4-8-13-10/h10,13H,2-8H2,1H3. The molecule has 1 N–H and O–H groups in total. The van der Waals surface area contributed by atoms with Crippen LogP contribution in [-0.4, -0.2) is 31.1 Å². The first kappa shape index (κ1) is 13.7. The molecule has 1 rings (SSSR count).